The van der Waals surface area contributed by atoms with E-state index < -0.39 is 26.6 Å². The number of carbonyl (C=O) groups is 1. The molecule has 292 valence electrons. The van der Waals surface area contributed by atoms with Crippen molar-refractivity contribution in [2.24, 2.45) is 0 Å². The molecular weight excluding hydrogens is 659 g/mol. The van der Waals surface area contributed by atoms with Gasteiger partial charge in [0, 0.05) is 6.42 Å². The number of carbonyl (C=O) groups excluding carboxylic acids is 1. The SMILES string of the molecule is CC/C=C\C/C=C\C/C=C\C/C=C\C/C=C\C/C=C\CCCCCCCCC(=O)NC(COP(=O)([O-])OCC[N+](C)(C)C)C(O)/C=C/CCCC. The van der Waals surface area contributed by atoms with Gasteiger partial charge in [-0.2, -0.15) is 0 Å². The number of rotatable bonds is 33. The fourth-order valence-electron chi connectivity index (χ4n) is 4.73. The number of nitrogens with one attached hydrogen (secondary N) is 1. The minimum atomic E-state index is -4.57. The molecule has 0 aliphatic rings. The van der Waals surface area contributed by atoms with E-state index in [4.69, 9.17) is 9.05 Å². The average Bonchev–Trinajstić information content (AvgIpc) is 3.07. The van der Waals surface area contributed by atoms with E-state index in [0.717, 1.165) is 96.3 Å². The Bertz CT molecular complexity index is 1100. The van der Waals surface area contributed by atoms with Gasteiger partial charge in [-0.3, -0.25) is 9.36 Å². The van der Waals surface area contributed by atoms with Gasteiger partial charge in [-0.25, -0.2) is 0 Å². The Balaban J connectivity index is 4.16. The Kier molecular flexibility index (Phi) is 32.0. The molecule has 3 unspecified atom stereocenters. The predicted molar refractivity (Wildman–Crippen MR) is 214 cm³/mol. The fourth-order valence-corrected chi connectivity index (χ4v) is 5.45. The lowest BCUT2D eigenvalue weighted by atomic mass is 10.1. The van der Waals surface area contributed by atoms with Crippen molar-refractivity contribution in [2.75, 3.05) is 40.9 Å². The van der Waals surface area contributed by atoms with Gasteiger partial charge in [-0.05, 0) is 64.2 Å². The molecule has 8 nitrogen and oxygen atoms in total. The maximum Gasteiger partial charge on any atom is 0.268 e. The van der Waals surface area contributed by atoms with Crippen molar-refractivity contribution in [1.29, 1.82) is 0 Å². The second kappa shape index (κ2) is 33.5. The molecule has 0 saturated heterocycles. The van der Waals surface area contributed by atoms with Crippen molar-refractivity contribution in [3.63, 3.8) is 0 Å². The van der Waals surface area contributed by atoms with Gasteiger partial charge in [-0.1, -0.05) is 137 Å². The first kappa shape index (κ1) is 48.7. The molecule has 0 aromatic rings. The first-order chi connectivity index (χ1) is 24.5. The molecular formula is C42H73N2O6P. The number of unbranched alkanes of at least 4 members (excludes halogenated alkanes) is 8. The number of aliphatic hydroxyl groups is 1. The molecule has 0 spiro atoms. The van der Waals surface area contributed by atoms with Crippen LogP contribution in [0.5, 0.6) is 0 Å². The van der Waals surface area contributed by atoms with Crippen molar-refractivity contribution in [3.05, 3.63) is 85.1 Å². The Hall–Kier alpha value is -2.32. The van der Waals surface area contributed by atoms with Gasteiger partial charge >= 0.3 is 0 Å². The van der Waals surface area contributed by atoms with E-state index in [1.54, 1.807) is 6.08 Å². The van der Waals surface area contributed by atoms with Crippen LogP contribution in [0.1, 0.15) is 123 Å². The molecule has 0 radical (unpaired) electrons. The van der Waals surface area contributed by atoms with E-state index in [9.17, 15) is 19.4 Å². The summed E-state index contributed by atoms with van der Waals surface area (Å²) >= 11 is 0. The van der Waals surface area contributed by atoms with Crippen molar-refractivity contribution in [3.8, 4) is 0 Å². The van der Waals surface area contributed by atoms with E-state index in [2.05, 4.69) is 92.1 Å². The molecule has 9 heteroatoms. The monoisotopic (exact) mass is 733 g/mol. The molecule has 0 bridgehead atoms. The second-order valence-electron chi connectivity index (χ2n) is 13.9. The highest BCUT2D eigenvalue weighted by Crippen LogP contribution is 2.38. The van der Waals surface area contributed by atoms with Crippen LogP contribution in [0.2, 0.25) is 0 Å². The number of hydrogen-bond donors (Lipinski definition) is 2. The maximum atomic E-state index is 12.7. The van der Waals surface area contributed by atoms with Gasteiger partial charge in [0.2, 0.25) is 5.91 Å². The predicted octanol–water partition coefficient (Wildman–Crippen LogP) is 9.60. The van der Waals surface area contributed by atoms with Crippen molar-refractivity contribution < 1.29 is 32.9 Å². The van der Waals surface area contributed by atoms with E-state index in [1.165, 1.54) is 6.42 Å². The molecule has 0 rings (SSSR count). The third kappa shape index (κ3) is 35.9. The fraction of sp³-hybridized carbons (Fsp3) is 0.643. The number of phosphoric ester groups is 1. The number of amides is 1. The number of quaternary nitrogens is 1. The normalized spacial score (nSPS) is 15.5. The zero-order valence-electron chi connectivity index (χ0n) is 32.8. The van der Waals surface area contributed by atoms with E-state index in [1.807, 2.05) is 27.2 Å². The minimum Gasteiger partial charge on any atom is -0.756 e. The van der Waals surface area contributed by atoms with Gasteiger partial charge in [0.15, 0.2) is 0 Å². The first-order valence-electron chi connectivity index (χ1n) is 19.4. The molecule has 1 amide bonds. The van der Waals surface area contributed by atoms with E-state index >= 15 is 0 Å². The number of nitrogens with zero attached hydrogens (tertiary/aromatic N) is 1. The molecule has 0 aliphatic carbocycles. The lowest BCUT2D eigenvalue weighted by Crippen LogP contribution is -2.45. The molecule has 51 heavy (non-hydrogen) atoms. The summed E-state index contributed by atoms with van der Waals surface area (Å²) in [7, 11) is 1.22. The summed E-state index contributed by atoms with van der Waals surface area (Å²) in [5.74, 6) is -0.228. The van der Waals surface area contributed by atoms with Crippen molar-refractivity contribution in [1.82, 2.24) is 5.32 Å². The van der Waals surface area contributed by atoms with Crippen LogP contribution in [-0.2, 0) is 18.4 Å². The molecule has 0 saturated carbocycles. The van der Waals surface area contributed by atoms with E-state index in [-0.39, 0.29) is 12.5 Å². The van der Waals surface area contributed by atoms with Gasteiger partial charge in [0.05, 0.1) is 39.9 Å². The molecule has 0 aliphatic heterocycles. The lowest BCUT2D eigenvalue weighted by molar-refractivity contribution is -0.870. The number of hydrogen-bond acceptors (Lipinski definition) is 6. The first-order valence-corrected chi connectivity index (χ1v) is 20.9. The summed E-state index contributed by atoms with van der Waals surface area (Å²) in [6, 6.07) is -0.895. The Morgan fingerprint density at radius 3 is 1.73 bits per heavy atom. The highest BCUT2D eigenvalue weighted by Gasteiger charge is 2.23. The standard InChI is InChI=1S/C42H73N2O6P/c1-6-8-10-12-13-14-15-16-17-18-19-20-21-22-23-24-25-26-27-28-29-30-31-32-34-36-42(46)43-40(41(45)35-33-11-9-7-2)39-50-51(47,48)49-38-37-44(3,4)5/h8,10,13-14,16-17,19-20,22-23,25-26,33,35,40-41,45H,6-7,9,11-12,15,18,21,24,27-32,34,36-39H2,1-5H3,(H-,43,46,47,48)/b10-8-,14-13-,17-16-,20-19-,23-22-,26-25-,35-33+. The summed E-state index contributed by atoms with van der Waals surface area (Å²) in [5, 5.41) is 13.4. The Morgan fingerprint density at radius 1 is 0.706 bits per heavy atom. The maximum absolute atomic E-state index is 12.7. The minimum absolute atomic E-state index is 0.0106. The van der Waals surface area contributed by atoms with Crippen molar-refractivity contribution in [2.45, 2.75) is 135 Å². The molecule has 0 fully saturated rings. The summed E-state index contributed by atoms with van der Waals surface area (Å²) in [6.07, 6.45) is 45.5. The smallest absolute Gasteiger partial charge is 0.268 e. The average molecular weight is 733 g/mol. The van der Waals surface area contributed by atoms with Gasteiger partial charge in [0.1, 0.15) is 13.2 Å². The third-order valence-corrected chi connectivity index (χ3v) is 8.83. The molecule has 0 aromatic carbocycles. The van der Waals surface area contributed by atoms with Crippen LogP contribution >= 0.6 is 7.82 Å². The van der Waals surface area contributed by atoms with E-state index in [0.29, 0.717) is 17.4 Å². The number of allylic oxidation sites excluding steroid dienone is 13. The van der Waals surface area contributed by atoms with Crippen LogP contribution in [0.15, 0.2) is 85.1 Å². The molecule has 0 aromatic heterocycles. The summed E-state index contributed by atoms with van der Waals surface area (Å²) in [5.41, 5.74) is 0. The van der Waals surface area contributed by atoms with Crippen LogP contribution in [-0.4, -0.2) is 68.5 Å². The number of likely N-dealkylation sites (N-methyl/N-ethyl adjacent to an activating group) is 1. The van der Waals surface area contributed by atoms with Crippen LogP contribution in [0.4, 0.5) is 0 Å². The summed E-state index contributed by atoms with van der Waals surface area (Å²) in [4.78, 5) is 24.9. The second-order valence-corrected chi connectivity index (χ2v) is 15.3. The lowest BCUT2D eigenvalue weighted by Gasteiger charge is -2.29. The van der Waals surface area contributed by atoms with Crippen LogP contribution in [0.3, 0.4) is 0 Å². The Morgan fingerprint density at radius 2 is 1.20 bits per heavy atom. The molecule has 2 N–H and O–H groups in total. The summed E-state index contributed by atoms with van der Waals surface area (Å²) < 4.78 is 22.9. The van der Waals surface area contributed by atoms with Crippen LogP contribution in [0, 0.1) is 0 Å². The topological polar surface area (TPSA) is 108 Å². The largest absolute Gasteiger partial charge is 0.756 e. The quantitative estimate of drug-likeness (QED) is 0.0301. The zero-order valence-corrected chi connectivity index (χ0v) is 33.7. The Labute approximate surface area is 312 Å². The summed E-state index contributed by atoms with van der Waals surface area (Å²) in [6.45, 7) is 4.32. The zero-order chi connectivity index (χ0) is 37.9. The number of aliphatic hydroxyl groups excluding tert-OH is 1. The molecule has 3 atom stereocenters. The van der Waals surface area contributed by atoms with Crippen LogP contribution < -0.4 is 10.2 Å². The van der Waals surface area contributed by atoms with Crippen molar-refractivity contribution >= 4 is 13.7 Å². The number of phosphoric acid groups is 1. The van der Waals surface area contributed by atoms with Crippen LogP contribution in [0.25, 0.3) is 0 Å². The molecule has 0 heterocycles. The highest BCUT2D eigenvalue weighted by molar-refractivity contribution is 7.45. The van der Waals surface area contributed by atoms with Gasteiger partial charge in [-0.15, -0.1) is 0 Å². The highest BCUT2D eigenvalue weighted by atomic mass is 31.2. The van der Waals surface area contributed by atoms with Gasteiger partial charge < -0.3 is 28.8 Å². The van der Waals surface area contributed by atoms with Gasteiger partial charge in [0.25, 0.3) is 7.82 Å². The third-order valence-electron chi connectivity index (χ3n) is 7.86.